The number of aryl methyl sites for hydroxylation is 1. The van der Waals surface area contributed by atoms with Crippen molar-refractivity contribution in [2.45, 2.75) is 13.1 Å². The molecule has 0 aromatic heterocycles. The number of hydrogen-bond acceptors (Lipinski definition) is 2. The third-order valence-corrected chi connectivity index (χ3v) is 4.09. The summed E-state index contributed by atoms with van der Waals surface area (Å²) in [6.45, 7) is 8.80. The number of carbonyl (C=O) groups is 1. The average molecular weight is 411 g/mol. The van der Waals surface area contributed by atoms with Crippen LogP contribution in [0.15, 0.2) is 66.7 Å². The molecule has 0 saturated carbocycles. The van der Waals surface area contributed by atoms with Crippen molar-refractivity contribution in [3.05, 3.63) is 89.3 Å². The molecule has 8 heteroatoms. The third kappa shape index (κ3) is 5.29. The lowest BCUT2D eigenvalue weighted by Crippen LogP contribution is -2.19. The van der Waals surface area contributed by atoms with E-state index in [1.54, 1.807) is 42.5 Å². The van der Waals surface area contributed by atoms with Crippen LogP contribution in [0.1, 0.15) is 11.1 Å². The molecule has 0 unspecified atom stereocenters. The highest BCUT2D eigenvalue weighted by Crippen LogP contribution is 2.31. The molecule has 0 bridgehead atoms. The van der Waals surface area contributed by atoms with E-state index in [-0.39, 0.29) is 5.69 Å². The minimum Gasteiger partial charge on any atom is -0.457 e. The van der Waals surface area contributed by atoms with Crippen LogP contribution >= 0.6 is 0 Å². The first-order chi connectivity index (χ1) is 14.2. The van der Waals surface area contributed by atoms with E-state index in [9.17, 15) is 18.0 Å². The molecule has 0 radical (unpaired) electrons. The molecule has 0 atom stereocenters. The van der Waals surface area contributed by atoms with Crippen LogP contribution in [-0.4, -0.2) is 6.03 Å². The molecule has 3 aromatic rings. The summed E-state index contributed by atoms with van der Waals surface area (Å²) in [7, 11) is 0. The molecule has 3 aromatic carbocycles. The molecule has 30 heavy (non-hydrogen) atoms. The minimum absolute atomic E-state index is 0.0193. The van der Waals surface area contributed by atoms with Crippen LogP contribution in [0.25, 0.3) is 4.85 Å². The highest BCUT2D eigenvalue weighted by Gasteiger charge is 2.30. The summed E-state index contributed by atoms with van der Waals surface area (Å²) < 4.78 is 44.2. The van der Waals surface area contributed by atoms with Gasteiger partial charge in [-0.2, -0.15) is 13.2 Å². The van der Waals surface area contributed by atoms with Gasteiger partial charge >= 0.3 is 12.2 Å². The topological polar surface area (TPSA) is 54.7 Å². The molecule has 0 heterocycles. The smallest absolute Gasteiger partial charge is 0.416 e. The number of hydrogen-bond donors (Lipinski definition) is 2. The maximum Gasteiger partial charge on any atom is 0.416 e. The van der Waals surface area contributed by atoms with Crippen LogP contribution in [0.4, 0.5) is 35.0 Å². The molecule has 0 aliphatic rings. The molecule has 3 rings (SSSR count). The van der Waals surface area contributed by atoms with Crippen LogP contribution in [-0.2, 0) is 6.18 Å². The molecule has 0 aliphatic heterocycles. The number of anilines is 2. The van der Waals surface area contributed by atoms with Gasteiger partial charge in [-0.25, -0.2) is 9.64 Å². The molecule has 0 saturated heterocycles. The van der Waals surface area contributed by atoms with E-state index in [1.165, 1.54) is 12.1 Å². The number of nitrogens with zero attached hydrogens (tertiary/aromatic N) is 1. The van der Waals surface area contributed by atoms with Crippen molar-refractivity contribution < 1.29 is 22.7 Å². The Morgan fingerprint density at radius 3 is 2.27 bits per heavy atom. The standard InChI is InChI=1S/C22H16F3N3O2/c1-14-6-7-18(13-20(14)30-19-10-8-16(26-2)9-11-19)28-21(29)27-17-5-3-4-15(12-17)22(23,24)25/h3-13H,1H3,(H2,27,28,29). The normalized spacial score (nSPS) is 10.8. The summed E-state index contributed by atoms with van der Waals surface area (Å²) in [5.74, 6) is 1.01. The zero-order valence-corrected chi connectivity index (χ0v) is 15.7. The maximum absolute atomic E-state index is 12.8. The second-order valence-corrected chi connectivity index (χ2v) is 6.35. The van der Waals surface area contributed by atoms with Gasteiger partial charge in [0, 0.05) is 17.4 Å². The zero-order chi connectivity index (χ0) is 21.7. The number of nitrogens with one attached hydrogen (secondary N) is 2. The van der Waals surface area contributed by atoms with Gasteiger partial charge in [0.05, 0.1) is 12.1 Å². The fraction of sp³-hybridized carbons (Fsp3) is 0.0909. The number of ether oxygens (including phenoxy) is 1. The highest BCUT2D eigenvalue weighted by molar-refractivity contribution is 5.99. The van der Waals surface area contributed by atoms with Crippen molar-refractivity contribution in [2.75, 3.05) is 10.6 Å². The Hall–Kier alpha value is -3.99. The summed E-state index contributed by atoms with van der Waals surface area (Å²) in [6.07, 6.45) is -4.50. The number of halogens is 3. The van der Waals surface area contributed by atoms with Crippen molar-refractivity contribution in [3.8, 4) is 11.5 Å². The number of benzene rings is 3. The van der Waals surface area contributed by atoms with E-state index in [1.807, 2.05) is 6.92 Å². The summed E-state index contributed by atoms with van der Waals surface area (Å²) in [6, 6.07) is 15.2. The van der Waals surface area contributed by atoms with Gasteiger partial charge in [-0.3, -0.25) is 0 Å². The van der Waals surface area contributed by atoms with Gasteiger partial charge in [0.15, 0.2) is 5.69 Å². The Labute approximate surface area is 170 Å². The fourth-order valence-corrected chi connectivity index (χ4v) is 2.57. The van der Waals surface area contributed by atoms with Gasteiger partial charge in [-0.05, 0) is 48.9 Å². The Kier molecular flexibility index (Phi) is 5.93. The lowest BCUT2D eigenvalue weighted by atomic mass is 10.2. The van der Waals surface area contributed by atoms with Gasteiger partial charge in [-0.1, -0.05) is 24.3 Å². The number of alkyl halides is 3. The first-order valence-electron chi connectivity index (χ1n) is 8.76. The molecular formula is C22H16F3N3O2. The number of urea groups is 1. The second kappa shape index (κ2) is 8.57. The molecular weight excluding hydrogens is 395 g/mol. The molecule has 0 spiro atoms. The predicted octanol–water partition coefficient (Wildman–Crippen LogP) is 7.00. The SMILES string of the molecule is [C-]#[N+]c1ccc(Oc2cc(NC(=O)Nc3cccc(C(F)(F)F)c3)ccc2C)cc1. The van der Waals surface area contributed by atoms with Gasteiger partial charge < -0.3 is 15.4 Å². The van der Waals surface area contributed by atoms with Crippen molar-refractivity contribution in [1.82, 2.24) is 0 Å². The van der Waals surface area contributed by atoms with Crippen molar-refractivity contribution in [2.24, 2.45) is 0 Å². The number of carbonyl (C=O) groups excluding carboxylic acids is 1. The summed E-state index contributed by atoms with van der Waals surface area (Å²) in [5.41, 5.74) is 0.869. The van der Waals surface area contributed by atoms with Crippen LogP contribution in [0.5, 0.6) is 11.5 Å². The lowest BCUT2D eigenvalue weighted by Gasteiger charge is -2.13. The van der Waals surface area contributed by atoms with E-state index in [0.29, 0.717) is 22.9 Å². The summed E-state index contributed by atoms with van der Waals surface area (Å²) in [5, 5.41) is 4.95. The van der Waals surface area contributed by atoms with Crippen LogP contribution in [0, 0.1) is 13.5 Å². The van der Waals surface area contributed by atoms with E-state index in [0.717, 1.165) is 17.7 Å². The lowest BCUT2D eigenvalue weighted by molar-refractivity contribution is -0.137. The average Bonchev–Trinajstić information content (AvgIpc) is 2.70. The molecule has 2 amide bonds. The van der Waals surface area contributed by atoms with Gasteiger partial charge in [-0.15, -0.1) is 0 Å². The maximum atomic E-state index is 12.8. The van der Waals surface area contributed by atoms with Crippen LogP contribution < -0.4 is 15.4 Å². The molecule has 5 nitrogen and oxygen atoms in total. The number of rotatable bonds is 4. The van der Waals surface area contributed by atoms with Crippen molar-refractivity contribution in [3.63, 3.8) is 0 Å². The third-order valence-electron chi connectivity index (χ3n) is 4.09. The molecule has 0 fully saturated rings. The molecule has 2 N–H and O–H groups in total. The van der Waals surface area contributed by atoms with Crippen molar-refractivity contribution in [1.29, 1.82) is 0 Å². The second-order valence-electron chi connectivity index (χ2n) is 6.35. The molecule has 152 valence electrons. The zero-order valence-electron chi connectivity index (χ0n) is 15.7. The quantitative estimate of drug-likeness (QED) is 0.454. The Morgan fingerprint density at radius 2 is 1.63 bits per heavy atom. The van der Waals surface area contributed by atoms with E-state index in [4.69, 9.17) is 11.3 Å². The van der Waals surface area contributed by atoms with Crippen molar-refractivity contribution >= 4 is 23.1 Å². The first-order valence-corrected chi connectivity index (χ1v) is 8.76. The number of amides is 2. The largest absolute Gasteiger partial charge is 0.457 e. The van der Waals surface area contributed by atoms with Gasteiger partial charge in [0.1, 0.15) is 11.5 Å². The predicted molar refractivity (Wildman–Crippen MR) is 108 cm³/mol. The summed E-state index contributed by atoms with van der Waals surface area (Å²) >= 11 is 0. The highest BCUT2D eigenvalue weighted by atomic mass is 19.4. The van der Waals surface area contributed by atoms with Gasteiger partial charge in [0.2, 0.25) is 0 Å². The minimum atomic E-state index is -4.50. The van der Waals surface area contributed by atoms with E-state index < -0.39 is 17.8 Å². The van der Waals surface area contributed by atoms with Crippen LogP contribution in [0.2, 0.25) is 0 Å². The Bertz CT molecular complexity index is 1100. The van der Waals surface area contributed by atoms with E-state index >= 15 is 0 Å². The van der Waals surface area contributed by atoms with Crippen LogP contribution in [0.3, 0.4) is 0 Å². The fourth-order valence-electron chi connectivity index (χ4n) is 2.57. The van der Waals surface area contributed by atoms with Gasteiger partial charge in [0.25, 0.3) is 0 Å². The first kappa shape index (κ1) is 20.7. The van der Waals surface area contributed by atoms with E-state index in [2.05, 4.69) is 15.5 Å². The Balaban J connectivity index is 1.70. The molecule has 0 aliphatic carbocycles. The summed E-state index contributed by atoms with van der Waals surface area (Å²) in [4.78, 5) is 15.5. The monoisotopic (exact) mass is 411 g/mol. The Morgan fingerprint density at radius 1 is 0.967 bits per heavy atom.